The minimum atomic E-state index is -0.155. The molecule has 102 valence electrons. The van der Waals surface area contributed by atoms with E-state index < -0.39 is 0 Å². The Morgan fingerprint density at radius 2 is 2.22 bits per heavy atom. The lowest BCUT2D eigenvalue weighted by Gasteiger charge is -2.29. The summed E-state index contributed by atoms with van der Waals surface area (Å²) in [7, 11) is 0. The largest absolute Gasteiger partial charge is 0.373 e. The van der Waals surface area contributed by atoms with Gasteiger partial charge in [0.15, 0.2) is 0 Å². The molecule has 4 heteroatoms. The van der Waals surface area contributed by atoms with Gasteiger partial charge in [0, 0.05) is 19.2 Å². The number of nitrogens with one attached hydrogen (secondary N) is 1. The normalized spacial score (nSPS) is 46.6. The minimum Gasteiger partial charge on any atom is -0.373 e. The first-order valence-corrected chi connectivity index (χ1v) is 7.26. The Balaban J connectivity index is 1.55. The summed E-state index contributed by atoms with van der Waals surface area (Å²) in [5.74, 6) is 1.33. The van der Waals surface area contributed by atoms with Gasteiger partial charge in [0.2, 0.25) is 5.91 Å². The Morgan fingerprint density at radius 1 is 1.44 bits per heavy atom. The highest BCUT2D eigenvalue weighted by atomic mass is 16.5. The summed E-state index contributed by atoms with van der Waals surface area (Å²) >= 11 is 0. The van der Waals surface area contributed by atoms with Gasteiger partial charge in [0.25, 0.3) is 0 Å². The summed E-state index contributed by atoms with van der Waals surface area (Å²) in [4.78, 5) is 12.3. The SMILES string of the molecule is CC1(CNC(=O)C2C3CCC(C3)C2N)CCCO1. The maximum atomic E-state index is 12.3. The lowest BCUT2D eigenvalue weighted by atomic mass is 9.84. The predicted molar refractivity (Wildman–Crippen MR) is 68.9 cm³/mol. The van der Waals surface area contributed by atoms with Gasteiger partial charge in [-0.3, -0.25) is 4.79 Å². The van der Waals surface area contributed by atoms with E-state index in [4.69, 9.17) is 10.5 Å². The van der Waals surface area contributed by atoms with Gasteiger partial charge in [-0.1, -0.05) is 0 Å². The Hall–Kier alpha value is -0.610. The number of hydrogen-bond acceptors (Lipinski definition) is 3. The van der Waals surface area contributed by atoms with Crippen molar-refractivity contribution in [3.05, 3.63) is 0 Å². The molecule has 1 aliphatic heterocycles. The van der Waals surface area contributed by atoms with Crippen molar-refractivity contribution in [2.24, 2.45) is 23.5 Å². The van der Waals surface area contributed by atoms with Gasteiger partial charge in [-0.25, -0.2) is 0 Å². The molecule has 2 saturated carbocycles. The van der Waals surface area contributed by atoms with E-state index in [2.05, 4.69) is 12.2 Å². The summed E-state index contributed by atoms with van der Waals surface area (Å²) < 4.78 is 5.70. The zero-order valence-electron chi connectivity index (χ0n) is 11.2. The van der Waals surface area contributed by atoms with E-state index in [9.17, 15) is 4.79 Å². The van der Waals surface area contributed by atoms with Crippen LogP contribution in [-0.4, -0.2) is 30.7 Å². The Bertz CT molecular complexity index is 337. The van der Waals surface area contributed by atoms with Crippen molar-refractivity contribution in [2.75, 3.05) is 13.2 Å². The van der Waals surface area contributed by atoms with Gasteiger partial charge >= 0.3 is 0 Å². The monoisotopic (exact) mass is 252 g/mol. The van der Waals surface area contributed by atoms with Crippen molar-refractivity contribution in [1.82, 2.24) is 5.32 Å². The van der Waals surface area contributed by atoms with Crippen molar-refractivity contribution < 1.29 is 9.53 Å². The number of hydrogen-bond donors (Lipinski definition) is 2. The topological polar surface area (TPSA) is 64.4 Å². The number of rotatable bonds is 3. The van der Waals surface area contributed by atoms with Gasteiger partial charge in [0.05, 0.1) is 11.5 Å². The van der Waals surface area contributed by atoms with Crippen LogP contribution in [0, 0.1) is 17.8 Å². The van der Waals surface area contributed by atoms with E-state index in [-0.39, 0.29) is 23.5 Å². The van der Waals surface area contributed by atoms with E-state index in [1.807, 2.05) is 0 Å². The van der Waals surface area contributed by atoms with Crippen LogP contribution in [0.1, 0.15) is 39.0 Å². The average molecular weight is 252 g/mol. The van der Waals surface area contributed by atoms with Gasteiger partial charge in [-0.15, -0.1) is 0 Å². The first-order valence-electron chi connectivity index (χ1n) is 7.26. The number of ether oxygens (including phenoxy) is 1. The molecule has 2 aliphatic carbocycles. The highest BCUT2D eigenvalue weighted by Gasteiger charge is 2.49. The second-order valence-electron chi connectivity index (χ2n) is 6.56. The van der Waals surface area contributed by atoms with E-state index in [0.29, 0.717) is 18.4 Å². The van der Waals surface area contributed by atoms with Crippen molar-refractivity contribution in [2.45, 2.75) is 50.7 Å². The standard InChI is InChI=1S/C14H24N2O2/c1-14(5-2-6-18-14)8-16-13(17)11-9-3-4-10(7-9)12(11)15/h9-12H,2-8,15H2,1H3,(H,16,17). The van der Waals surface area contributed by atoms with Crippen LogP contribution in [0.3, 0.4) is 0 Å². The van der Waals surface area contributed by atoms with Crippen LogP contribution in [-0.2, 0) is 9.53 Å². The van der Waals surface area contributed by atoms with E-state index in [1.165, 1.54) is 12.8 Å². The molecule has 0 radical (unpaired) electrons. The molecule has 4 nitrogen and oxygen atoms in total. The van der Waals surface area contributed by atoms with E-state index >= 15 is 0 Å². The Morgan fingerprint density at radius 3 is 2.83 bits per heavy atom. The third-order valence-corrected chi connectivity index (χ3v) is 5.22. The quantitative estimate of drug-likeness (QED) is 0.789. The third-order valence-electron chi connectivity index (χ3n) is 5.22. The van der Waals surface area contributed by atoms with Gasteiger partial charge in [-0.2, -0.15) is 0 Å². The van der Waals surface area contributed by atoms with Crippen LogP contribution < -0.4 is 11.1 Å². The lowest BCUT2D eigenvalue weighted by molar-refractivity contribution is -0.128. The van der Waals surface area contributed by atoms with Crippen LogP contribution >= 0.6 is 0 Å². The smallest absolute Gasteiger partial charge is 0.225 e. The molecule has 1 heterocycles. The molecule has 0 aromatic carbocycles. The summed E-state index contributed by atoms with van der Waals surface area (Å²) in [5, 5.41) is 3.08. The second kappa shape index (κ2) is 4.49. The molecule has 5 atom stereocenters. The maximum Gasteiger partial charge on any atom is 0.225 e. The number of fused-ring (bicyclic) bond motifs is 2. The number of nitrogens with two attached hydrogens (primary N) is 1. The molecule has 3 rings (SSSR count). The van der Waals surface area contributed by atoms with E-state index in [1.54, 1.807) is 0 Å². The molecule has 1 saturated heterocycles. The summed E-state index contributed by atoms with van der Waals surface area (Å²) in [6.07, 6.45) is 5.70. The zero-order chi connectivity index (χ0) is 12.8. The highest BCUT2D eigenvalue weighted by molar-refractivity contribution is 5.80. The molecule has 1 amide bonds. The van der Waals surface area contributed by atoms with Crippen molar-refractivity contribution in [1.29, 1.82) is 0 Å². The number of carbonyl (C=O) groups is 1. The molecule has 3 fully saturated rings. The number of carbonyl (C=O) groups excluding carboxylic acids is 1. The molecule has 0 aromatic rings. The zero-order valence-corrected chi connectivity index (χ0v) is 11.2. The lowest BCUT2D eigenvalue weighted by Crippen LogP contribution is -2.48. The maximum absolute atomic E-state index is 12.3. The molecule has 0 aromatic heterocycles. The number of amides is 1. The van der Waals surface area contributed by atoms with Gasteiger partial charge in [0.1, 0.15) is 0 Å². The van der Waals surface area contributed by atoms with Crippen molar-refractivity contribution in [3.63, 3.8) is 0 Å². The first kappa shape index (κ1) is 12.4. The van der Waals surface area contributed by atoms with Crippen LogP contribution in [0.15, 0.2) is 0 Å². The molecule has 5 unspecified atom stereocenters. The average Bonchev–Trinajstić information content (AvgIpc) is 3.02. The van der Waals surface area contributed by atoms with Gasteiger partial charge in [-0.05, 0) is 50.9 Å². The van der Waals surface area contributed by atoms with Crippen LogP contribution in [0.2, 0.25) is 0 Å². The molecule has 18 heavy (non-hydrogen) atoms. The van der Waals surface area contributed by atoms with Crippen molar-refractivity contribution >= 4 is 5.91 Å². The Kier molecular flexibility index (Phi) is 3.10. The summed E-state index contributed by atoms with van der Waals surface area (Å²) in [6, 6.07) is 0.0843. The first-order chi connectivity index (χ1) is 8.59. The molecule has 2 bridgehead atoms. The highest BCUT2D eigenvalue weighted by Crippen LogP contribution is 2.47. The summed E-state index contributed by atoms with van der Waals surface area (Å²) in [5.41, 5.74) is 6.03. The fourth-order valence-electron chi connectivity index (χ4n) is 4.09. The summed E-state index contributed by atoms with van der Waals surface area (Å²) in [6.45, 7) is 3.54. The fourth-order valence-corrected chi connectivity index (χ4v) is 4.09. The van der Waals surface area contributed by atoms with Crippen LogP contribution in [0.4, 0.5) is 0 Å². The molecular weight excluding hydrogens is 228 g/mol. The third kappa shape index (κ3) is 2.05. The second-order valence-corrected chi connectivity index (χ2v) is 6.56. The minimum absolute atomic E-state index is 0.0498. The van der Waals surface area contributed by atoms with Crippen LogP contribution in [0.25, 0.3) is 0 Å². The molecule has 3 aliphatic rings. The molecular formula is C14H24N2O2. The Labute approximate surface area is 109 Å². The van der Waals surface area contributed by atoms with Crippen LogP contribution in [0.5, 0.6) is 0 Å². The van der Waals surface area contributed by atoms with Crippen molar-refractivity contribution in [3.8, 4) is 0 Å². The van der Waals surface area contributed by atoms with Gasteiger partial charge < -0.3 is 15.8 Å². The fraction of sp³-hybridized carbons (Fsp3) is 0.929. The predicted octanol–water partition coefficient (Wildman–Crippen LogP) is 1.05. The molecule has 3 N–H and O–H groups in total. The molecule has 0 spiro atoms. The van der Waals surface area contributed by atoms with E-state index in [0.717, 1.165) is 25.9 Å².